The fourth-order valence-corrected chi connectivity index (χ4v) is 2.34. The van der Waals surface area contributed by atoms with Crippen LogP contribution < -0.4 is 16.0 Å². The lowest BCUT2D eigenvalue weighted by atomic mass is 10.3. The number of guanidine groups is 1. The number of carbonyl (C=O) groups excluding carboxylic acids is 1. The van der Waals surface area contributed by atoms with E-state index in [4.69, 9.17) is 0 Å². The number of nitrogens with zero attached hydrogens (tertiary/aromatic N) is 1. The van der Waals surface area contributed by atoms with Gasteiger partial charge < -0.3 is 16.0 Å². The molecule has 0 aliphatic heterocycles. The van der Waals surface area contributed by atoms with E-state index >= 15 is 0 Å². The number of hydrogen-bond donors (Lipinski definition) is 3. The Kier molecular flexibility index (Phi) is 10.4. The van der Waals surface area contributed by atoms with E-state index < -0.39 is 0 Å². The highest BCUT2D eigenvalue weighted by Gasteiger charge is 2.03. The number of likely N-dealkylation sites (N-methyl/N-ethyl adjacent to an activating group) is 1. The van der Waals surface area contributed by atoms with E-state index in [9.17, 15) is 4.79 Å². The van der Waals surface area contributed by atoms with Crippen LogP contribution in [0.1, 0.15) is 24.3 Å². The maximum absolute atomic E-state index is 11.4. The normalized spacial score (nSPS) is 10.7. The minimum absolute atomic E-state index is 0. The van der Waals surface area contributed by atoms with E-state index in [-0.39, 0.29) is 36.4 Å². The topological polar surface area (TPSA) is 65.5 Å². The Labute approximate surface area is 141 Å². The lowest BCUT2D eigenvalue weighted by Gasteiger charge is -2.10. The molecule has 0 atom stereocenters. The number of aryl methyl sites for hydroxylation is 1. The molecule has 0 radical (unpaired) electrons. The molecule has 5 nitrogen and oxygen atoms in total. The molecule has 0 fully saturated rings. The smallest absolute Gasteiger partial charge is 0.241 e. The van der Waals surface area contributed by atoms with Gasteiger partial charge in [-0.05, 0) is 37.8 Å². The molecular weight excluding hydrogens is 387 g/mol. The molecule has 1 heterocycles. The van der Waals surface area contributed by atoms with Gasteiger partial charge >= 0.3 is 0 Å². The van der Waals surface area contributed by atoms with Crippen molar-refractivity contribution in [3.05, 3.63) is 21.9 Å². The predicted octanol–water partition coefficient (Wildman–Crippen LogP) is 1.87. The summed E-state index contributed by atoms with van der Waals surface area (Å²) in [5, 5.41) is 11.2. The SMILES string of the molecule is CCNC(=O)CN=C(NCC)NCc1sccc1C.I. The maximum atomic E-state index is 11.4. The number of aliphatic imine (C=N–C) groups is 1. The number of carbonyl (C=O) groups is 1. The number of hydrogen-bond acceptors (Lipinski definition) is 3. The zero-order valence-electron chi connectivity index (χ0n) is 12.2. The van der Waals surface area contributed by atoms with Crippen molar-refractivity contribution < 1.29 is 4.79 Å². The lowest BCUT2D eigenvalue weighted by molar-refractivity contribution is -0.119. The summed E-state index contributed by atoms with van der Waals surface area (Å²) in [5.74, 6) is 0.605. The number of halogens is 1. The summed E-state index contributed by atoms with van der Waals surface area (Å²) >= 11 is 1.72. The Morgan fingerprint density at radius 3 is 2.50 bits per heavy atom. The summed E-state index contributed by atoms with van der Waals surface area (Å²) in [6.45, 7) is 8.26. The molecule has 3 N–H and O–H groups in total. The van der Waals surface area contributed by atoms with Crippen molar-refractivity contribution in [2.24, 2.45) is 4.99 Å². The van der Waals surface area contributed by atoms with E-state index in [1.165, 1.54) is 10.4 Å². The molecule has 0 aliphatic rings. The molecule has 0 spiro atoms. The summed E-state index contributed by atoms with van der Waals surface area (Å²) < 4.78 is 0. The summed E-state index contributed by atoms with van der Waals surface area (Å²) in [6.07, 6.45) is 0. The van der Waals surface area contributed by atoms with Gasteiger partial charge in [0.2, 0.25) is 5.91 Å². The molecule has 114 valence electrons. The van der Waals surface area contributed by atoms with Crippen molar-refractivity contribution in [2.75, 3.05) is 19.6 Å². The van der Waals surface area contributed by atoms with Crippen molar-refractivity contribution in [2.45, 2.75) is 27.3 Å². The zero-order chi connectivity index (χ0) is 14.1. The van der Waals surface area contributed by atoms with Crippen molar-refractivity contribution in [1.82, 2.24) is 16.0 Å². The highest BCUT2D eigenvalue weighted by atomic mass is 127. The second kappa shape index (κ2) is 10.9. The molecule has 0 unspecified atom stereocenters. The quantitative estimate of drug-likeness (QED) is 0.381. The highest BCUT2D eigenvalue weighted by molar-refractivity contribution is 14.0. The summed E-state index contributed by atoms with van der Waals surface area (Å²) in [6, 6.07) is 2.10. The van der Waals surface area contributed by atoms with Gasteiger partial charge in [-0.3, -0.25) is 4.79 Å². The van der Waals surface area contributed by atoms with Gasteiger partial charge in [0, 0.05) is 18.0 Å². The van der Waals surface area contributed by atoms with Crippen molar-refractivity contribution in [3.8, 4) is 0 Å². The standard InChI is InChI=1S/C13H22N4OS.HI/c1-4-14-12(18)9-17-13(15-5-2)16-8-11-10(3)6-7-19-11;/h6-7H,4-5,8-9H2,1-3H3,(H,14,18)(H2,15,16,17);1H. The van der Waals surface area contributed by atoms with Crippen LogP contribution in [0.3, 0.4) is 0 Å². The monoisotopic (exact) mass is 410 g/mol. The zero-order valence-corrected chi connectivity index (χ0v) is 15.3. The fourth-order valence-electron chi connectivity index (χ4n) is 1.49. The molecule has 1 aromatic heterocycles. The van der Waals surface area contributed by atoms with E-state index in [0.29, 0.717) is 12.5 Å². The van der Waals surface area contributed by atoms with Crippen LogP contribution in [0.25, 0.3) is 0 Å². The second-order valence-corrected chi connectivity index (χ2v) is 5.03. The molecule has 0 aliphatic carbocycles. The Balaban J connectivity index is 0.00000361. The van der Waals surface area contributed by atoms with Crippen molar-refractivity contribution in [1.29, 1.82) is 0 Å². The first-order valence-electron chi connectivity index (χ1n) is 6.49. The summed E-state index contributed by atoms with van der Waals surface area (Å²) in [5.41, 5.74) is 1.28. The van der Waals surface area contributed by atoms with E-state index in [1.807, 2.05) is 13.8 Å². The molecule has 1 aromatic rings. The summed E-state index contributed by atoms with van der Waals surface area (Å²) in [7, 11) is 0. The minimum Gasteiger partial charge on any atom is -0.357 e. The second-order valence-electron chi connectivity index (χ2n) is 4.03. The van der Waals surface area contributed by atoms with Gasteiger partial charge in [0.1, 0.15) is 6.54 Å². The van der Waals surface area contributed by atoms with E-state index in [1.54, 1.807) is 11.3 Å². The van der Waals surface area contributed by atoms with Crippen molar-refractivity contribution in [3.63, 3.8) is 0 Å². The molecule has 0 aromatic carbocycles. The molecule has 1 rings (SSSR count). The molecule has 0 saturated heterocycles. The average molecular weight is 410 g/mol. The minimum atomic E-state index is -0.0630. The number of rotatable bonds is 6. The Morgan fingerprint density at radius 1 is 1.25 bits per heavy atom. The first kappa shape index (κ1) is 19.2. The van der Waals surface area contributed by atoms with Gasteiger partial charge in [-0.15, -0.1) is 35.3 Å². The van der Waals surface area contributed by atoms with Crippen LogP contribution in [0.15, 0.2) is 16.4 Å². The van der Waals surface area contributed by atoms with Gasteiger partial charge in [-0.2, -0.15) is 0 Å². The molecule has 0 saturated carbocycles. The van der Waals surface area contributed by atoms with Crippen molar-refractivity contribution >= 4 is 47.2 Å². The van der Waals surface area contributed by atoms with Crippen LogP contribution in [0.2, 0.25) is 0 Å². The first-order valence-corrected chi connectivity index (χ1v) is 7.37. The van der Waals surface area contributed by atoms with Crippen LogP contribution in [-0.4, -0.2) is 31.5 Å². The van der Waals surface area contributed by atoms with Crippen LogP contribution in [0.4, 0.5) is 0 Å². The van der Waals surface area contributed by atoms with Gasteiger partial charge in [-0.25, -0.2) is 4.99 Å². The van der Waals surface area contributed by atoms with E-state index in [0.717, 1.165) is 13.1 Å². The highest BCUT2D eigenvalue weighted by Crippen LogP contribution is 2.14. The van der Waals surface area contributed by atoms with Gasteiger partial charge in [0.05, 0.1) is 6.54 Å². The molecule has 1 amide bonds. The number of amides is 1. The molecular formula is C13H23IN4OS. The molecule has 7 heteroatoms. The Bertz CT molecular complexity index is 434. The van der Waals surface area contributed by atoms with E-state index in [2.05, 4.69) is 39.3 Å². The largest absolute Gasteiger partial charge is 0.357 e. The van der Waals surface area contributed by atoms with Crippen LogP contribution in [-0.2, 0) is 11.3 Å². The third-order valence-corrected chi connectivity index (χ3v) is 3.51. The fraction of sp³-hybridized carbons (Fsp3) is 0.538. The maximum Gasteiger partial charge on any atom is 0.241 e. The predicted molar refractivity (Wildman–Crippen MR) is 96.0 cm³/mol. The van der Waals surface area contributed by atoms with Gasteiger partial charge in [0.15, 0.2) is 5.96 Å². The lowest BCUT2D eigenvalue weighted by Crippen LogP contribution is -2.38. The van der Waals surface area contributed by atoms with Crippen LogP contribution in [0, 0.1) is 6.92 Å². The first-order chi connectivity index (χ1) is 9.17. The number of thiophene rings is 1. The van der Waals surface area contributed by atoms with Crippen LogP contribution in [0.5, 0.6) is 0 Å². The average Bonchev–Trinajstić information content (AvgIpc) is 2.79. The summed E-state index contributed by atoms with van der Waals surface area (Å²) in [4.78, 5) is 16.9. The number of nitrogens with one attached hydrogen (secondary N) is 3. The Hall–Kier alpha value is -0.830. The van der Waals surface area contributed by atoms with Crippen LogP contribution >= 0.6 is 35.3 Å². The van der Waals surface area contributed by atoms with Gasteiger partial charge in [0.25, 0.3) is 0 Å². The molecule has 0 bridgehead atoms. The van der Waals surface area contributed by atoms with Gasteiger partial charge in [-0.1, -0.05) is 0 Å². The molecule has 20 heavy (non-hydrogen) atoms. The third kappa shape index (κ3) is 7.09. The Morgan fingerprint density at radius 2 is 1.95 bits per heavy atom. The third-order valence-electron chi connectivity index (χ3n) is 2.48.